The summed E-state index contributed by atoms with van der Waals surface area (Å²) in [7, 11) is 1.56. The molecule has 0 bridgehead atoms. The molecule has 0 aliphatic rings. The molecule has 0 saturated heterocycles. The van der Waals surface area contributed by atoms with Crippen LogP contribution in [0.4, 0.5) is 0 Å². The van der Waals surface area contributed by atoms with Crippen molar-refractivity contribution in [1.29, 1.82) is 0 Å². The molecule has 76 valence electrons. The lowest BCUT2D eigenvalue weighted by Crippen LogP contribution is -2.18. The Morgan fingerprint density at radius 1 is 1.33 bits per heavy atom. The first kappa shape index (κ1) is 9.39. The van der Waals surface area contributed by atoms with Gasteiger partial charge in [0.05, 0.1) is 11.9 Å². The van der Waals surface area contributed by atoms with Gasteiger partial charge in [-0.15, -0.1) is 5.10 Å². The molecule has 1 heterocycles. The van der Waals surface area contributed by atoms with Crippen LogP contribution in [-0.2, 0) is 0 Å². The molecule has 0 saturated carbocycles. The van der Waals surface area contributed by atoms with Gasteiger partial charge in [0.25, 0.3) is 5.91 Å². The lowest BCUT2D eigenvalue weighted by molar-refractivity contribution is 0.0958. The predicted molar refractivity (Wildman–Crippen MR) is 54.7 cm³/mol. The summed E-state index contributed by atoms with van der Waals surface area (Å²) in [6.45, 7) is 0. The Bertz CT molecular complexity index is 463. The zero-order valence-electron chi connectivity index (χ0n) is 8.21. The summed E-state index contributed by atoms with van der Waals surface area (Å²) in [6.07, 6.45) is 1.59. The molecule has 5 nitrogen and oxygen atoms in total. The van der Waals surface area contributed by atoms with Crippen LogP contribution in [-0.4, -0.2) is 27.9 Å². The lowest BCUT2D eigenvalue weighted by Gasteiger charge is -1.97. The van der Waals surface area contributed by atoms with Crippen LogP contribution in [0.1, 0.15) is 10.5 Å². The van der Waals surface area contributed by atoms with Crippen molar-refractivity contribution < 1.29 is 4.79 Å². The minimum atomic E-state index is -0.239. The molecule has 0 unspecified atom stereocenters. The van der Waals surface area contributed by atoms with Crippen molar-refractivity contribution in [2.45, 2.75) is 0 Å². The highest BCUT2D eigenvalue weighted by Gasteiger charge is 2.08. The fourth-order valence-electron chi connectivity index (χ4n) is 1.20. The Morgan fingerprint density at radius 2 is 2.07 bits per heavy atom. The number of carbonyl (C=O) groups is 1. The minimum absolute atomic E-state index is 0.239. The van der Waals surface area contributed by atoms with Crippen molar-refractivity contribution in [3.05, 3.63) is 42.2 Å². The number of aromatic nitrogens is 3. The third-order valence-corrected chi connectivity index (χ3v) is 1.97. The predicted octanol–water partition coefficient (Wildman–Crippen LogP) is 0.627. The van der Waals surface area contributed by atoms with E-state index in [1.165, 1.54) is 0 Å². The van der Waals surface area contributed by atoms with Crippen molar-refractivity contribution >= 4 is 5.91 Å². The number of nitrogens with zero attached hydrogens (tertiary/aromatic N) is 3. The first-order valence-corrected chi connectivity index (χ1v) is 4.51. The van der Waals surface area contributed by atoms with Crippen LogP contribution in [0.2, 0.25) is 0 Å². The molecule has 0 aliphatic heterocycles. The van der Waals surface area contributed by atoms with E-state index >= 15 is 0 Å². The number of nitrogens with one attached hydrogen (secondary N) is 1. The molecule has 1 amide bonds. The zero-order valence-corrected chi connectivity index (χ0v) is 8.21. The van der Waals surface area contributed by atoms with Crippen molar-refractivity contribution in [3.8, 4) is 5.69 Å². The summed E-state index contributed by atoms with van der Waals surface area (Å²) < 4.78 is 1.56. The van der Waals surface area contributed by atoms with Gasteiger partial charge in [0.2, 0.25) is 0 Å². The maximum atomic E-state index is 11.2. The SMILES string of the molecule is CNC(=O)c1cn(-c2ccccc2)nn1. The van der Waals surface area contributed by atoms with Crippen LogP contribution >= 0.6 is 0 Å². The highest BCUT2D eigenvalue weighted by molar-refractivity contribution is 5.91. The fourth-order valence-corrected chi connectivity index (χ4v) is 1.20. The average Bonchev–Trinajstić information content (AvgIpc) is 2.78. The number of hydrogen-bond donors (Lipinski definition) is 1. The van der Waals surface area contributed by atoms with Gasteiger partial charge in [-0.1, -0.05) is 23.4 Å². The van der Waals surface area contributed by atoms with Crippen molar-refractivity contribution in [2.24, 2.45) is 0 Å². The topological polar surface area (TPSA) is 59.8 Å². The van der Waals surface area contributed by atoms with Gasteiger partial charge in [0.15, 0.2) is 5.69 Å². The maximum absolute atomic E-state index is 11.2. The minimum Gasteiger partial charge on any atom is -0.354 e. The first-order valence-electron chi connectivity index (χ1n) is 4.51. The zero-order chi connectivity index (χ0) is 10.7. The van der Waals surface area contributed by atoms with Crippen LogP contribution < -0.4 is 5.32 Å². The van der Waals surface area contributed by atoms with E-state index in [0.717, 1.165) is 5.69 Å². The average molecular weight is 202 g/mol. The van der Waals surface area contributed by atoms with Gasteiger partial charge < -0.3 is 5.32 Å². The lowest BCUT2D eigenvalue weighted by atomic mass is 10.3. The van der Waals surface area contributed by atoms with Gasteiger partial charge in [-0.05, 0) is 12.1 Å². The number of hydrogen-bond acceptors (Lipinski definition) is 3. The standard InChI is InChI=1S/C10H10N4O/c1-11-10(15)9-7-14(13-12-9)8-5-3-2-4-6-8/h2-7H,1H3,(H,11,15). The van der Waals surface area contributed by atoms with Gasteiger partial charge >= 0.3 is 0 Å². The Morgan fingerprint density at radius 3 is 2.73 bits per heavy atom. The van der Waals surface area contributed by atoms with E-state index in [9.17, 15) is 4.79 Å². The summed E-state index contributed by atoms with van der Waals surface area (Å²) in [5.74, 6) is -0.239. The second kappa shape index (κ2) is 3.91. The number of amides is 1. The summed E-state index contributed by atoms with van der Waals surface area (Å²) in [6, 6.07) is 9.50. The highest BCUT2D eigenvalue weighted by Crippen LogP contribution is 2.05. The molecule has 0 radical (unpaired) electrons. The Kier molecular flexibility index (Phi) is 2.45. The van der Waals surface area contributed by atoms with E-state index in [2.05, 4.69) is 15.6 Å². The molecule has 0 spiro atoms. The quantitative estimate of drug-likeness (QED) is 0.776. The van der Waals surface area contributed by atoms with Gasteiger partial charge in [-0.2, -0.15) is 0 Å². The van der Waals surface area contributed by atoms with E-state index in [0.29, 0.717) is 5.69 Å². The van der Waals surface area contributed by atoms with Crippen LogP contribution in [0, 0.1) is 0 Å². The summed E-state index contributed by atoms with van der Waals surface area (Å²) in [5.41, 5.74) is 1.18. The van der Waals surface area contributed by atoms with Gasteiger partial charge in [-0.25, -0.2) is 4.68 Å². The molecule has 2 aromatic rings. The van der Waals surface area contributed by atoms with Gasteiger partial charge in [-0.3, -0.25) is 4.79 Å². The van der Waals surface area contributed by atoms with Crippen molar-refractivity contribution in [2.75, 3.05) is 7.05 Å². The van der Waals surface area contributed by atoms with E-state index in [4.69, 9.17) is 0 Å². The summed E-state index contributed by atoms with van der Waals surface area (Å²) in [5, 5.41) is 10.1. The Hall–Kier alpha value is -2.17. The monoisotopic (exact) mass is 202 g/mol. The molecule has 0 fully saturated rings. The van der Waals surface area contributed by atoms with E-state index < -0.39 is 0 Å². The molecule has 1 aromatic carbocycles. The fraction of sp³-hybridized carbons (Fsp3) is 0.100. The molecule has 1 N–H and O–H groups in total. The van der Waals surface area contributed by atoms with E-state index in [1.807, 2.05) is 30.3 Å². The van der Waals surface area contributed by atoms with Crippen LogP contribution in [0.3, 0.4) is 0 Å². The van der Waals surface area contributed by atoms with Crippen LogP contribution in [0.15, 0.2) is 36.5 Å². The molecule has 0 aliphatic carbocycles. The van der Waals surface area contributed by atoms with E-state index in [1.54, 1.807) is 17.9 Å². The number of benzene rings is 1. The van der Waals surface area contributed by atoms with E-state index in [-0.39, 0.29) is 5.91 Å². The molecule has 0 atom stereocenters. The number of carbonyl (C=O) groups excluding carboxylic acids is 1. The first-order chi connectivity index (χ1) is 7.31. The van der Waals surface area contributed by atoms with Crippen LogP contribution in [0.5, 0.6) is 0 Å². The molecule has 5 heteroatoms. The van der Waals surface area contributed by atoms with Crippen LogP contribution in [0.25, 0.3) is 5.69 Å². The summed E-state index contributed by atoms with van der Waals surface area (Å²) in [4.78, 5) is 11.2. The summed E-state index contributed by atoms with van der Waals surface area (Å²) >= 11 is 0. The van der Waals surface area contributed by atoms with Gasteiger partial charge in [0.1, 0.15) is 0 Å². The second-order valence-electron chi connectivity index (χ2n) is 2.96. The second-order valence-corrected chi connectivity index (χ2v) is 2.96. The largest absolute Gasteiger partial charge is 0.354 e. The highest BCUT2D eigenvalue weighted by atomic mass is 16.1. The molecular weight excluding hydrogens is 192 g/mol. The molecule has 1 aromatic heterocycles. The normalized spacial score (nSPS) is 9.93. The molecule has 15 heavy (non-hydrogen) atoms. The number of rotatable bonds is 2. The third kappa shape index (κ3) is 1.85. The smallest absolute Gasteiger partial charge is 0.273 e. The number of para-hydroxylation sites is 1. The van der Waals surface area contributed by atoms with Crippen molar-refractivity contribution in [3.63, 3.8) is 0 Å². The Balaban J connectivity index is 2.32. The van der Waals surface area contributed by atoms with Gasteiger partial charge in [0, 0.05) is 7.05 Å². The maximum Gasteiger partial charge on any atom is 0.273 e. The Labute approximate surface area is 86.7 Å². The molecular formula is C10H10N4O. The molecule has 2 rings (SSSR count). The van der Waals surface area contributed by atoms with Crippen molar-refractivity contribution in [1.82, 2.24) is 20.3 Å². The third-order valence-electron chi connectivity index (χ3n) is 1.97.